The second-order valence-corrected chi connectivity index (χ2v) is 6.88. The van der Waals surface area contributed by atoms with E-state index in [1.165, 1.54) is 0 Å². The lowest BCUT2D eigenvalue weighted by Gasteiger charge is -2.17. The van der Waals surface area contributed by atoms with Gasteiger partial charge in [-0.15, -0.1) is 12.8 Å². The van der Waals surface area contributed by atoms with Crippen molar-refractivity contribution in [3.8, 4) is 36.2 Å². The van der Waals surface area contributed by atoms with Gasteiger partial charge in [0, 0.05) is 11.0 Å². The summed E-state index contributed by atoms with van der Waals surface area (Å²) in [5.41, 5.74) is 1.72. The summed E-state index contributed by atoms with van der Waals surface area (Å²) in [5.74, 6) is 5.74. The molecule has 0 spiro atoms. The highest BCUT2D eigenvalue weighted by Gasteiger charge is 2.20. The molecule has 0 heterocycles. The van der Waals surface area contributed by atoms with E-state index in [4.69, 9.17) is 27.1 Å². The summed E-state index contributed by atoms with van der Waals surface area (Å²) in [4.78, 5) is 12.6. The average molecular weight is 456 g/mol. The average Bonchev–Trinajstić information content (AvgIpc) is 2.74. The van der Waals surface area contributed by atoms with Crippen molar-refractivity contribution in [2.45, 2.75) is 12.5 Å². The minimum absolute atomic E-state index is 0.0461. The molecule has 5 nitrogen and oxygen atoms in total. The van der Waals surface area contributed by atoms with Gasteiger partial charge in [-0.3, -0.25) is 4.79 Å². The molecule has 150 valence electrons. The number of carbonyl (C=O) groups excluding carboxylic acids is 1. The van der Waals surface area contributed by atoms with Crippen LogP contribution in [0.3, 0.4) is 0 Å². The molecule has 1 atom stereocenters. The molecule has 1 N–H and O–H groups in total. The molecule has 2 aromatic carbocycles. The van der Waals surface area contributed by atoms with Crippen LogP contribution < -0.4 is 14.8 Å². The highest BCUT2D eigenvalue weighted by atomic mass is 79.9. The Morgan fingerprint density at radius 1 is 1.10 bits per heavy atom. The van der Waals surface area contributed by atoms with E-state index in [1.807, 2.05) is 36.4 Å². The number of methoxy groups -OCH3 is 1. The molecule has 0 aromatic heterocycles. The molecule has 0 unspecified atom stereocenters. The minimum Gasteiger partial charge on any atom is -0.493 e. The predicted octanol–water partition coefficient (Wildman–Crippen LogP) is 3.52. The first kappa shape index (κ1) is 22.4. The van der Waals surface area contributed by atoms with Gasteiger partial charge in [0.05, 0.1) is 7.11 Å². The van der Waals surface area contributed by atoms with E-state index in [1.54, 1.807) is 13.2 Å². The van der Waals surface area contributed by atoms with Crippen LogP contribution in [0.1, 0.15) is 17.2 Å². The van der Waals surface area contributed by atoms with Crippen LogP contribution in [0.15, 0.2) is 46.9 Å². The Bertz CT molecular complexity index is 897. The number of nitrogens with one attached hydrogen (secondary N) is 1. The number of benzene rings is 2. The van der Waals surface area contributed by atoms with E-state index in [2.05, 4.69) is 33.1 Å². The van der Waals surface area contributed by atoms with Crippen LogP contribution in [0.25, 0.3) is 0 Å². The highest BCUT2D eigenvalue weighted by Crippen LogP contribution is 2.28. The van der Waals surface area contributed by atoms with Gasteiger partial charge < -0.3 is 19.5 Å². The van der Waals surface area contributed by atoms with Crippen LogP contribution in [0.2, 0.25) is 0 Å². The quantitative estimate of drug-likeness (QED) is 0.556. The molecule has 0 bridgehead atoms. The first-order chi connectivity index (χ1) is 14.1. The van der Waals surface area contributed by atoms with Crippen molar-refractivity contribution in [3.63, 3.8) is 0 Å². The Morgan fingerprint density at radius 3 is 2.48 bits per heavy atom. The van der Waals surface area contributed by atoms with Gasteiger partial charge in [-0.05, 0) is 41.8 Å². The zero-order valence-electron chi connectivity index (χ0n) is 16.1. The van der Waals surface area contributed by atoms with Crippen LogP contribution in [0, 0.1) is 24.7 Å². The number of hydrogen-bond donors (Lipinski definition) is 1. The molecule has 29 heavy (non-hydrogen) atoms. The normalized spacial score (nSPS) is 11.0. The zero-order valence-corrected chi connectivity index (χ0v) is 17.7. The molecule has 0 aliphatic rings. The molecular weight excluding hydrogens is 434 g/mol. The Kier molecular flexibility index (Phi) is 9.11. The second-order valence-electron chi connectivity index (χ2n) is 5.97. The maximum atomic E-state index is 12.6. The molecule has 0 saturated carbocycles. The first-order valence-electron chi connectivity index (χ1n) is 8.90. The Morgan fingerprint density at radius 2 is 1.83 bits per heavy atom. The van der Waals surface area contributed by atoms with E-state index in [-0.39, 0.29) is 19.1 Å². The SMILES string of the molecule is C#CCOc1ccc(CCNC(=O)[C@@H](OCC#C)c2ccc(Br)cc2)cc1OC. The Balaban J connectivity index is 1.98. The summed E-state index contributed by atoms with van der Waals surface area (Å²) >= 11 is 3.38. The largest absolute Gasteiger partial charge is 0.493 e. The van der Waals surface area contributed by atoms with Crippen molar-refractivity contribution >= 4 is 21.8 Å². The van der Waals surface area contributed by atoms with Crippen LogP contribution in [-0.2, 0) is 16.0 Å². The number of rotatable bonds is 10. The molecule has 6 heteroatoms. The van der Waals surface area contributed by atoms with Gasteiger partial charge in [-0.2, -0.15) is 0 Å². The Hall–Kier alpha value is -2.93. The molecule has 0 fully saturated rings. The van der Waals surface area contributed by atoms with Gasteiger partial charge in [0.1, 0.15) is 13.2 Å². The van der Waals surface area contributed by atoms with Crippen molar-refractivity contribution in [1.29, 1.82) is 0 Å². The summed E-state index contributed by atoms with van der Waals surface area (Å²) in [6, 6.07) is 12.9. The number of hydrogen-bond acceptors (Lipinski definition) is 4. The van der Waals surface area contributed by atoms with Crippen molar-refractivity contribution in [1.82, 2.24) is 5.32 Å². The maximum absolute atomic E-state index is 12.6. The van der Waals surface area contributed by atoms with Gasteiger partial charge >= 0.3 is 0 Å². The standard InChI is InChI=1S/C23H22BrNO4/c1-4-14-28-20-11-6-17(16-21(20)27-3)12-13-25-23(26)22(29-15-5-2)18-7-9-19(24)10-8-18/h1-2,6-11,16,22H,12-15H2,3H3,(H,25,26)/t22-/m0/s1. The zero-order chi connectivity index (χ0) is 21.1. The van der Waals surface area contributed by atoms with E-state index in [0.29, 0.717) is 24.5 Å². The van der Waals surface area contributed by atoms with Crippen molar-refractivity contribution in [3.05, 3.63) is 58.1 Å². The highest BCUT2D eigenvalue weighted by molar-refractivity contribution is 9.10. The molecule has 2 rings (SSSR count). The van der Waals surface area contributed by atoms with E-state index in [0.717, 1.165) is 15.6 Å². The van der Waals surface area contributed by atoms with Gasteiger partial charge in [0.25, 0.3) is 5.91 Å². The Labute approximate surface area is 179 Å². The summed E-state index contributed by atoms with van der Waals surface area (Å²) in [6.07, 6.45) is 10.3. The lowest BCUT2D eigenvalue weighted by molar-refractivity contribution is -0.132. The fraction of sp³-hybridized carbons (Fsp3) is 0.261. The molecule has 1 amide bonds. The second kappa shape index (κ2) is 11.8. The summed E-state index contributed by atoms with van der Waals surface area (Å²) in [7, 11) is 1.56. The monoisotopic (exact) mass is 455 g/mol. The fourth-order valence-electron chi connectivity index (χ4n) is 2.62. The molecule has 0 aliphatic carbocycles. The molecule has 0 radical (unpaired) electrons. The van der Waals surface area contributed by atoms with Crippen LogP contribution in [0.5, 0.6) is 11.5 Å². The lowest BCUT2D eigenvalue weighted by atomic mass is 10.1. The molecule has 0 saturated heterocycles. The first-order valence-corrected chi connectivity index (χ1v) is 9.69. The van der Waals surface area contributed by atoms with Crippen LogP contribution >= 0.6 is 15.9 Å². The van der Waals surface area contributed by atoms with Crippen molar-refractivity contribution in [2.75, 3.05) is 26.9 Å². The number of halogens is 1. The van der Waals surface area contributed by atoms with Crippen molar-refractivity contribution in [2.24, 2.45) is 0 Å². The third-order valence-electron chi connectivity index (χ3n) is 4.00. The minimum atomic E-state index is -0.770. The van der Waals surface area contributed by atoms with E-state index >= 15 is 0 Å². The molecule has 2 aromatic rings. The van der Waals surface area contributed by atoms with Gasteiger partial charge in [0.2, 0.25) is 0 Å². The number of carbonyl (C=O) groups is 1. The lowest BCUT2D eigenvalue weighted by Crippen LogP contribution is -2.32. The van der Waals surface area contributed by atoms with Gasteiger partial charge in [0.15, 0.2) is 17.6 Å². The van der Waals surface area contributed by atoms with Gasteiger partial charge in [-0.1, -0.05) is 46.0 Å². The van der Waals surface area contributed by atoms with E-state index in [9.17, 15) is 4.79 Å². The van der Waals surface area contributed by atoms with Crippen LogP contribution in [-0.4, -0.2) is 32.8 Å². The topological polar surface area (TPSA) is 56.8 Å². The number of amides is 1. The van der Waals surface area contributed by atoms with Crippen molar-refractivity contribution < 1.29 is 19.0 Å². The third-order valence-corrected chi connectivity index (χ3v) is 4.52. The molecule has 0 aliphatic heterocycles. The summed E-state index contributed by atoms with van der Waals surface area (Å²) in [6.45, 7) is 0.643. The molecular formula is C23H22BrNO4. The van der Waals surface area contributed by atoms with Crippen LogP contribution in [0.4, 0.5) is 0 Å². The fourth-order valence-corrected chi connectivity index (χ4v) is 2.89. The number of terminal acetylenes is 2. The summed E-state index contributed by atoms with van der Waals surface area (Å²) < 4.78 is 17.2. The third kappa shape index (κ3) is 6.87. The number of ether oxygens (including phenoxy) is 3. The summed E-state index contributed by atoms with van der Waals surface area (Å²) in [5, 5.41) is 2.90. The maximum Gasteiger partial charge on any atom is 0.253 e. The van der Waals surface area contributed by atoms with E-state index < -0.39 is 6.10 Å². The smallest absolute Gasteiger partial charge is 0.253 e. The predicted molar refractivity (Wildman–Crippen MR) is 116 cm³/mol. The van der Waals surface area contributed by atoms with Gasteiger partial charge in [-0.25, -0.2) is 0 Å².